The molecule has 1 aromatic carbocycles. The second-order valence-corrected chi connectivity index (χ2v) is 3.27. The maximum absolute atomic E-state index is 9.08. The molecule has 1 rings (SSSR count). The van der Waals surface area contributed by atoms with Crippen molar-refractivity contribution >= 4 is 10.1 Å². The van der Waals surface area contributed by atoms with E-state index in [1.807, 2.05) is 36.4 Å². The van der Waals surface area contributed by atoms with Gasteiger partial charge in [0, 0.05) is 6.26 Å². The molecule has 4 heteroatoms. The third kappa shape index (κ3) is 17.6. The summed E-state index contributed by atoms with van der Waals surface area (Å²) in [5, 5.41) is 0. The Hall–Kier alpha value is -0.870. The van der Waals surface area contributed by atoms with E-state index < -0.39 is 10.1 Å². The first-order valence-electron chi connectivity index (χ1n) is 2.91. The Morgan fingerprint density at radius 2 is 1.00 bits per heavy atom. The predicted molar refractivity (Wildman–Crippen MR) is 42.1 cm³/mol. The minimum Gasteiger partial charge on any atom is -0.748 e. The van der Waals surface area contributed by atoms with Crippen molar-refractivity contribution in [2.75, 3.05) is 6.26 Å². The van der Waals surface area contributed by atoms with Crippen LogP contribution in [0.15, 0.2) is 36.4 Å². The van der Waals surface area contributed by atoms with Crippen molar-refractivity contribution in [2.24, 2.45) is 0 Å². The molecule has 0 aromatic heterocycles. The molecule has 0 amide bonds. The number of hydrogen-bond acceptors (Lipinski definition) is 3. The standard InChI is InChI=1S/C6H6.CH4O3S/c1-2-4-6-5-3-1;1-5(2,3)4/h1-6H;1H3,(H,2,3,4)/p-1. The number of hydrogen-bond donors (Lipinski definition) is 0. The first kappa shape index (κ1) is 10.1. The van der Waals surface area contributed by atoms with Crippen LogP contribution in [-0.4, -0.2) is 19.2 Å². The van der Waals surface area contributed by atoms with Gasteiger partial charge in [-0.3, -0.25) is 0 Å². The van der Waals surface area contributed by atoms with E-state index in [-0.39, 0.29) is 0 Å². The van der Waals surface area contributed by atoms with Gasteiger partial charge in [0.25, 0.3) is 0 Å². The maximum atomic E-state index is 9.08. The van der Waals surface area contributed by atoms with Gasteiger partial charge in [0.05, 0.1) is 10.1 Å². The summed E-state index contributed by atoms with van der Waals surface area (Å²) < 4.78 is 27.2. The molecule has 0 atom stereocenters. The first-order valence-corrected chi connectivity index (χ1v) is 4.72. The molecule has 0 saturated heterocycles. The summed E-state index contributed by atoms with van der Waals surface area (Å²) in [6.45, 7) is 0. The van der Waals surface area contributed by atoms with Gasteiger partial charge in [0.1, 0.15) is 0 Å². The molecule has 62 valence electrons. The number of benzene rings is 1. The quantitative estimate of drug-likeness (QED) is 0.546. The topological polar surface area (TPSA) is 57.2 Å². The summed E-state index contributed by atoms with van der Waals surface area (Å²) in [4.78, 5) is 0. The Morgan fingerprint density at radius 1 is 0.909 bits per heavy atom. The van der Waals surface area contributed by atoms with Crippen molar-refractivity contribution in [3.8, 4) is 0 Å². The van der Waals surface area contributed by atoms with E-state index >= 15 is 0 Å². The highest BCUT2D eigenvalue weighted by atomic mass is 32.2. The van der Waals surface area contributed by atoms with Crippen molar-refractivity contribution in [3.05, 3.63) is 36.4 Å². The molecule has 0 aliphatic heterocycles. The van der Waals surface area contributed by atoms with E-state index in [1.54, 1.807) is 0 Å². The minimum atomic E-state index is -3.92. The van der Waals surface area contributed by atoms with Crippen LogP contribution in [0.3, 0.4) is 0 Å². The van der Waals surface area contributed by atoms with Crippen LogP contribution >= 0.6 is 0 Å². The third-order valence-electron chi connectivity index (χ3n) is 0.667. The number of rotatable bonds is 0. The fourth-order valence-electron chi connectivity index (χ4n) is 0.385. The van der Waals surface area contributed by atoms with E-state index in [1.165, 1.54) is 0 Å². The molecule has 0 saturated carbocycles. The monoisotopic (exact) mass is 173 g/mol. The molecule has 0 spiro atoms. The van der Waals surface area contributed by atoms with Gasteiger partial charge in [0.15, 0.2) is 0 Å². The molecule has 0 N–H and O–H groups in total. The Morgan fingerprint density at radius 3 is 1.09 bits per heavy atom. The highest BCUT2D eigenvalue weighted by molar-refractivity contribution is 7.84. The molecule has 0 radical (unpaired) electrons. The molecule has 1 aromatic rings. The summed E-state index contributed by atoms with van der Waals surface area (Å²) in [7, 11) is -3.92. The maximum Gasteiger partial charge on any atom is 0.0916 e. The van der Waals surface area contributed by atoms with Crippen molar-refractivity contribution in [3.63, 3.8) is 0 Å². The van der Waals surface area contributed by atoms with Gasteiger partial charge in [-0.1, -0.05) is 36.4 Å². The Bertz CT molecular complexity index is 230. The van der Waals surface area contributed by atoms with Crippen molar-refractivity contribution in [2.45, 2.75) is 0 Å². The third-order valence-corrected chi connectivity index (χ3v) is 0.667. The molecule has 11 heavy (non-hydrogen) atoms. The second kappa shape index (κ2) is 4.87. The van der Waals surface area contributed by atoms with Crippen LogP contribution < -0.4 is 0 Å². The Balaban J connectivity index is 0.000000187. The average Bonchev–Trinajstić information content (AvgIpc) is 1.88. The Kier molecular flexibility index (Phi) is 4.49. The molecule has 0 aliphatic rings. The van der Waals surface area contributed by atoms with Crippen LogP contribution in [0.25, 0.3) is 0 Å². The van der Waals surface area contributed by atoms with Gasteiger partial charge >= 0.3 is 0 Å². The molecule has 0 fully saturated rings. The molecule has 3 nitrogen and oxygen atoms in total. The largest absolute Gasteiger partial charge is 0.748 e. The van der Waals surface area contributed by atoms with Gasteiger partial charge in [-0.05, 0) is 0 Å². The lowest BCUT2D eigenvalue weighted by Crippen LogP contribution is -1.88. The van der Waals surface area contributed by atoms with Gasteiger partial charge in [-0.2, -0.15) is 0 Å². The smallest absolute Gasteiger partial charge is 0.0916 e. The molecule has 0 aliphatic carbocycles. The molecular weight excluding hydrogens is 164 g/mol. The zero-order valence-electron chi connectivity index (χ0n) is 6.10. The summed E-state index contributed by atoms with van der Waals surface area (Å²) in [6.07, 6.45) is 0.604. The van der Waals surface area contributed by atoms with Crippen LogP contribution in [0.1, 0.15) is 0 Å². The van der Waals surface area contributed by atoms with Crippen LogP contribution in [0.5, 0.6) is 0 Å². The average molecular weight is 173 g/mol. The zero-order valence-corrected chi connectivity index (χ0v) is 6.91. The van der Waals surface area contributed by atoms with Gasteiger partial charge in [0.2, 0.25) is 0 Å². The van der Waals surface area contributed by atoms with Crippen LogP contribution in [0, 0.1) is 0 Å². The fraction of sp³-hybridized carbons (Fsp3) is 0.143. The minimum absolute atomic E-state index is 0.604. The fourth-order valence-corrected chi connectivity index (χ4v) is 0.385. The van der Waals surface area contributed by atoms with E-state index in [9.17, 15) is 0 Å². The van der Waals surface area contributed by atoms with Crippen LogP contribution in [0.2, 0.25) is 0 Å². The summed E-state index contributed by atoms with van der Waals surface area (Å²) in [6, 6.07) is 12.0. The second-order valence-electron chi connectivity index (χ2n) is 1.86. The van der Waals surface area contributed by atoms with Crippen molar-refractivity contribution in [1.82, 2.24) is 0 Å². The van der Waals surface area contributed by atoms with Crippen LogP contribution in [-0.2, 0) is 10.1 Å². The molecular formula is C7H9O3S-. The van der Waals surface area contributed by atoms with Crippen molar-refractivity contribution in [1.29, 1.82) is 0 Å². The lowest BCUT2D eigenvalue weighted by molar-refractivity contribution is 0.470. The molecule has 0 unspecified atom stereocenters. The summed E-state index contributed by atoms with van der Waals surface area (Å²) in [5.74, 6) is 0. The highest BCUT2D eigenvalue weighted by Crippen LogP contribution is 1.79. The summed E-state index contributed by atoms with van der Waals surface area (Å²) >= 11 is 0. The predicted octanol–water partition coefficient (Wildman–Crippen LogP) is 0.848. The van der Waals surface area contributed by atoms with E-state index in [0.717, 1.165) is 0 Å². The van der Waals surface area contributed by atoms with E-state index in [0.29, 0.717) is 6.26 Å². The zero-order chi connectivity index (χ0) is 8.74. The Labute approximate surface area is 66.4 Å². The SMILES string of the molecule is CS(=O)(=O)[O-].c1ccccc1. The lowest BCUT2D eigenvalue weighted by atomic mass is 10.4. The van der Waals surface area contributed by atoms with Gasteiger partial charge in [-0.25, -0.2) is 8.42 Å². The van der Waals surface area contributed by atoms with E-state index in [2.05, 4.69) is 0 Å². The molecule has 0 bridgehead atoms. The highest BCUT2D eigenvalue weighted by Gasteiger charge is 1.65. The van der Waals surface area contributed by atoms with Gasteiger partial charge < -0.3 is 4.55 Å². The van der Waals surface area contributed by atoms with E-state index in [4.69, 9.17) is 13.0 Å². The first-order chi connectivity index (χ1) is 5.00. The molecule has 0 heterocycles. The lowest BCUT2D eigenvalue weighted by Gasteiger charge is -1.90. The van der Waals surface area contributed by atoms with Crippen LogP contribution in [0.4, 0.5) is 0 Å². The normalized spacial score (nSPS) is 9.64. The summed E-state index contributed by atoms with van der Waals surface area (Å²) in [5.41, 5.74) is 0. The van der Waals surface area contributed by atoms with Gasteiger partial charge in [-0.15, -0.1) is 0 Å². The van der Waals surface area contributed by atoms with Crippen molar-refractivity contribution < 1.29 is 13.0 Å².